The first-order chi connectivity index (χ1) is 13.1. The molecule has 0 saturated carbocycles. The highest BCUT2D eigenvalue weighted by Gasteiger charge is 2.15. The Kier molecular flexibility index (Phi) is 5.47. The van der Waals surface area contributed by atoms with E-state index in [4.69, 9.17) is 18.9 Å². The average Bonchev–Trinajstić information content (AvgIpc) is 2.71. The molecule has 3 rings (SSSR count). The second-order valence-corrected chi connectivity index (χ2v) is 5.59. The van der Waals surface area contributed by atoms with Crippen molar-refractivity contribution in [2.24, 2.45) is 0 Å². The normalized spacial score (nSPS) is 12.7. The van der Waals surface area contributed by atoms with Crippen molar-refractivity contribution in [3.63, 3.8) is 0 Å². The van der Waals surface area contributed by atoms with Gasteiger partial charge in [-0.25, -0.2) is 0 Å². The van der Waals surface area contributed by atoms with Gasteiger partial charge < -0.3 is 24.3 Å². The van der Waals surface area contributed by atoms with Gasteiger partial charge in [0, 0.05) is 17.3 Å². The number of methoxy groups -OCH3 is 2. The molecular weight excluding hydrogens is 348 g/mol. The molecule has 7 nitrogen and oxygen atoms in total. The molecule has 0 aromatic heterocycles. The Morgan fingerprint density at radius 2 is 1.89 bits per heavy atom. The van der Waals surface area contributed by atoms with Gasteiger partial charge in [0.15, 0.2) is 11.5 Å². The van der Waals surface area contributed by atoms with Crippen molar-refractivity contribution in [3.8, 4) is 29.1 Å². The number of carbonyl (C=O) groups is 1. The number of anilines is 1. The number of benzene rings is 2. The molecule has 1 N–H and O–H groups in total. The molecule has 138 valence electrons. The molecule has 1 aliphatic rings. The van der Waals surface area contributed by atoms with Crippen molar-refractivity contribution in [1.29, 1.82) is 5.26 Å². The Hall–Kier alpha value is -3.66. The summed E-state index contributed by atoms with van der Waals surface area (Å²) in [4.78, 5) is 12.5. The fourth-order valence-corrected chi connectivity index (χ4v) is 2.58. The summed E-state index contributed by atoms with van der Waals surface area (Å²) in [5.41, 5.74) is 0.991. The lowest BCUT2D eigenvalue weighted by Crippen LogP contribution is -2.17. The van der Waals surface area contributed by atoms with Gasteiger partial charge in [0.25, 0.3) is 5.91 Å². The van der Waals surface area contributed by atoms with E-state index < -0.39 is 5.91 Å². The van der Waals surface area contributed by atoms with Gasteiger partial charge >= 0.3 is 0 Å². The number of amides is 1. The summed E-state index contributed by atoms with van der Waals surface area (Å²) in [5.74, 6) is 1.74. The molecular formula is C20H18N2O5. The van der Waals surface area contributed by atoms with Crippen LogP contribution in [0.1, 0.15) is 5.56 Å². The number of nitrogens with zero attached hydrogens (tertiary/aromatic N) is 1. The topological polar surface area (TPSA) is 89.8 Å². The van der Waals surface area contributed by atoms with E-state index in [1.165, 1.54) is 20.3 Å². The van der Waals surface area contributed by atoms with Crippen LogP contribution in [0.15, 0.2) is 42.0 Å². The van der Waals surface area contributed by atoms with Crippen LogP contribution in [0.25, 0.3) is 6.08 Å². The van der Waals surface area contributed by atoms with Crippen LogP contribution in [-0.2, 0) is 4.79 Å². The highest BCUT2D eigenvalue weighted by atomic mass is 16.6. The molecule has 1 aliphatic heterocycles. The van der Waals surface area contributed by atoms with E-state index in [1.807, 2.05) is 6.07 Å². The summed E-state index contributed by atoms with van der Waals surface area (Å²) in [7, 11) is 3.05. The highest BCUT2D eigenvalue weighted by molar-refractivity contribution is 6.10. The summed E-state index contributed by atoms with van der Waals surface area (Å²) in [6.07, 6.45) is 1.45. The number of ether oxygens (including phenoxy) is 4. The number of hydrogen-bond donors (Lipinski definition) is 1. The number of carbonyl (C=O) groups excluding carboxylic acids is 1. The Morgan fingerprint density at radius 3 is 2.59 bits per heavy atom. The van der Waals surface area contributed by atoms with E-state index in [-0.39, 0.29) is 5.57 Å². The minimum Gasteiger partial charge on any atom is -0.497 e. The van der Waals surface area contributed by atoms with Gasteiger partial charge in [-0.2, -0.15) is 5.26 Å². The molecule has 0 saturated heterocycles. The molecule has 2 aromatic carbocycles. The Balaban J connectivity index is 1.84. The molecule has 7 heteroatoms. The fourth-order valence-electron chi connectivity index (χ4n) is 2.58. The second-order valence-electron chi connectivity index (χ2n) is 5.59. The predicted octanol–water partition coefficient (Wildman–Crippen LogP) is 3.02. The van der Waals surface area contributed by atoms with Gasteiger partial charge in [0.2, 0.25) is 0 Å². The van der Waals surface area contributed by atoms with Gasteiger partial charge in [-0.15, -0.1) is 0 Å². The third-order valence-corrected chi connectivity index (χ3v) is 3.90. The third-order valence-electron chi connectivity index (χ3n) is 3.90. The van der Waals surface area contributed by atoms with Crippen LogP contribution in [0.3, 0.4) is 0 Å². The number of nitrogens with one attached hydrogen (secondary N) is 1. The molecule has 0 spiro atoms. The fraction of sp³-hybridized carbons (Fsp3) is 0.200. The maximum Gasteiger partial charge on any atom is 0.266 e. The van der Waals surface area contributed by atoms with Gasteiger partial charge in [-0.05, 0) is 36.4 Å². The van der Waals surface area contributed by atoms with Crippen molar-refractivity contribution in [2.45, 2.75) is 0 Å². The van der Waals surface area contributed by atoms with E-state index in [9.17, 15) is 10.1 Å². The lowest BCUT2D eigenvalue weighted by atomic mass is 10.1. The summed E-state index contributed by atoms with van der Waals surface area (Å²) < 4.78 is 21.4. The SMILES string of the molecule is COc1ccc(OC)c(/C=C(\C#N)C(=O)Nc2ccc3c(c2)OCCO3)c1. The number of hydrogen-bond acceptors (Lipinski definition) is 6. The summed E-state index contributed by atoms with van der Waals surface area (Å²) in [5, 5.41) is 12.1. The number of fused-ring (bicyclic) bond motifs is 1. The van der Waals surface area contributed by atoms with E-state index in [2.05, 4.69) is 5.32 Å². The predicted molar refractivity (Wildman–Crippen MR) is 99.2 cm³/mol. The first kappa shape index (κ1) is 18.1. The van der Waals surface area contributed by atoms with Crippen molar-refractivity contribution in [1.82, 2.24) is 0 Å². The van der Waals surface area contributed by atoms with Crippen molar-refractivity contribution in [2.75, 3.05) is 32.8 Å². The minimum atomic E-state index is -0.543. The van der Waals surface area contributed by atoms with Crippen LogP contribution in [0.5, 0.6) is 23.0 Å². The molecule has 0 aliphatic carbocycles. The van der Waals surface area contributed by atoms with E-state index >= 15 is 0 Å². The summed E-state index contributed by atoms with van der Waals surface area (Å²) in [6.45, 7) is 0.936. The van der Waals surface area contributed by atoms with Gasteiger partial charge in [0.1, 0.15) is 36.4 Å². The van der Waals surface area contributed by atoms with Crippen LogP contribution < -0.4 is 24.3 Å². The Morgan fingerprint density at radius 1 is 1.11 bits per heavy atom. The van der Waals surface area contributed by atoms with Gasteiger partial charge in [-0.1, -0.05) is 0 Å². The van der Waals surface area contributed by atoms with Crippen LogP contribution in [0.2, 0.25) is 0 Å². The molecule has 1 amide bonds. The maximum absolute atomic E-state index is 12.5. The molecule has 0 bridgehead atoms. The maximum atomic E-state index is 12.5. The zero-order chi connectivity index (χ0) is 19.2. The number of nitriles is 1. The molecule has 0 radical (unpaired) electrons. The molecule has 27 heavy (non-hydrogen) atoms. The summed E-state index contributed by atoms with van der Waals surface area (Å²) in [6, 6.07) is 12.1. The van der Waals surface area contributed by atoms with E-state index in [0.717, 1.165) is 0 Å². The summed E-state index contributed by atoms with van der Waals surface area (Å²) >= 11 is 0. The van der Waals surface area contributed by atoms with Crippen LogP contribution >= 0.6 is 0 Å². The second kappa shape index (κ2) is 8.15. The van der Waals surface area contributed by atoms with Crippen LogP contribution in [-0.4, -0.2) is 33.3 Å². The van der Waals surface area contributed by atoms with Gasteiger partial charge in [0.05, 0.1) is 14.2 Å². The number of rotatable bonds is 5. The van der Waals surface area contributed by atoms with E-state index in [0.29, 0.717) is 47.5 Å². The molecule has 1 heterocycles. The van der Waals surface area contributed by atoms with Crippen molar-refractivity contribution in [3.05, 3.63) is 47.5 Å². The smallest absolute Gasteiger partial charge is 0.266 e. The zero-order valence-electron chi connectivity index (χ0n) is 14.9. The van der Waals surface area contributed by atoms with Crippen molar-refractivity contribution < 1.29 is 23.7 Å². The van der Waals surface area contributed by atoms with Crippen LogP contribution in [0.4, 0.5) is 5.69 Å². The lowest BCUT2D eigenvalue weighted by molar-refractivity contribution is -0.112. The molecule has 0 fully saturated rings. The molecule has 2 aromatic rings. The molecule has 0 atom stereocenters. The zero-order valence-corrected chi connectivity index (χ0v) is 14.9. The van der Waals surface area contributed by atoms with Crippen LogP contribution in [0, 0.1) is 11.3 Å². The Bertz CT molecular complexity index is 930. The largest absolute Gasteiger partial charge is 0.497 e. The quantitative estimate of drug-likeness (QED) is 0.646. The highest BCUT2D eigenvalue weighted by Crippen LogP contribution is 2.33. The third kappa shape index (κ3) is 4.12. The first-order valence-electron chi connectivity index (χ1n) is 8.19. The average molecular weight is 366 g/mol. The van der Waals surface area contributed by atoms with Gasteiger partial charge in [-0.3, -0.25) is 4.79 Å². The minimum absolute atomic E-state index is 0.0727. The van der Waals surface area contributed by atoms with E-state index in [1.54, 1.807) is 36.4 Å². The molecule has 0 unspecified atom stereocenters. The first-order valence-corrected chi connectivity index (χ1v) is 8.19. The standard InChI is InChI=1S/C20H18N2O5/c1-24-16-4-6-17(25-2)13(10-16)9-14(12-21)20(23)22-15-3-5-18-19(11-15)27-8-7-26-18/h3-6,9-11H,7-8H2,1-2H3,(H,22,23)/b14-9+. The lowest BCUT2D eigenvalue weighted by Gasteiger charge is -2.19. The Labute approximate surface area is 156 Å². The monoisotopic (exact) mass is 366 g/mol. The van der Waals surface area contributed by atoms with Crippen molar-refractivity contribution >= 4 is 17.7 Å².